The van der Waals surface area contributed by atoms with Crippen molar-refractivity contribution in [2.45, 2.75) is 0 Å². The Balaban J connectivity index is 1.92. The number of aryl methyl sites for hydroxylation is 2. The van der Waals surface area contributed by atoms with Crippen molar-refractivity contribution in [1.29, 1.82) is 0 Å². The maximum atomic E-state index is 6.41. The van der Waals surface area contributed by atoms with Crippen molar-refractivity contribution in [3.05, 3.63) is 47.9 Å². The second-order valence-electron chi connectivity index (χ2n) is 6.67. The van der Waals surface area contributed by atoms with Crippen LogP contribution in [0, 0.1) is 0 Å². The van der Waals surface area contributed by atoms with Gasteiger partial charge in [-0.05, 0) is 24.3 Å². The lowest BCUT2D eigenvalue weighted by Gasteiger charge is -2.13. The predicted octanol–water partition coefficient (Wildman–Crippen LogP) is 4.50. The summed E-state index contributed by atoms with van der Waals surface area (Å²) in [6, 6.07) is 9.96. The molecule has 0 saturated carbocycles. The zero-order valence-electron chi connectivity index (χ0n) is 16.2. The van der Waals surface area contributed by atoms with Crippen LogP contribution in [0.3, 0.4) is 0 Å². The molecule has 0 amide bonds. The standard InChI is InChI=1S/C21H21ClN4O2/c1-25-10-15(22)14-7-12(5-6-17(14)25)20-19(24-11-26(20)2)13-8-16(23)21(28-4)18(9-13)27-3/h5-11H,23H2,1-4H3. The molecule has 0 saturated heterocycles. The fourth-order valence-corrected chi connectivity index (χ4v) is 3.90. The molecule has 0 unspecified atom stereocenters. The van der Waals surface area contributed by atoms with Gasteiger partial charge in [-0.3, -0.25) is 0 Å². The van der Waals surface area contributed by atoms with Crippen molar-refractivity contribution in [3.8, 4) is 34.0 Å². The van der Waals surface area contributed by atoms with E-state index in [4.69, 9.17) is 26.8 Å². The van der Waals surface area contributed by atoms with Crippen molar-refractivity contribution in [2.24, 2.45) is 14.1 Å². The van der Waals surface area contributed by atoms with Crippen LogP contribution in [0.2, 0.25) is 5.02 Å². The molecule has 6 nitrogen and oxygen atoms in total. The summed E-state index contributed by atoms with van der Waals surface area (Å²) in [5.41, 5.74) is 11.4. The summed E-state index contributed by atoms with van der Waals surface area (Å²) in [5, 5.41) is 1.72. The Kier molecular flexibility index (Phi) is 4.43. The zero-order valence-corrected chi connectivity index (χ0v) is 16.9. The summed E-state index contributed by atoms with van der Waals surface area (Å²) in [5.74, 6) is 1.08. The van der Waals surface area contributed by atoms with E-state index in [1.54, 1.807) is 20.5 Å². The maximum Gasteiger partial charge on any atom is 0.183 e. The normalized spacial score (nSPS) is 11.2. The number of hydrogen-bond donors (Lipinski definition) is 1. The van der Waals surface area contributed by atoms with Gasteiger partial charge < -0.3 is 24.3 Å². The van der Waals surface area contributed by atoms with Gasteiger partial charge in [0.2, 0.25) is 0 Å². The second kappa shape index (κ2) is 6.80. The van der Waals surface area contributed by atoms with Gasteiger partial charge in [0.15, 0.2) is 11.5 Å². The average Bonchev–Trinajstić information content (AvgIpc) is 3.20. The van der Waals surface area contributed by atoms with Crippen LogP contribution in [0.4, 0.5) is 5.69 Å². The first-order chi connectivity index (χ1) is 13.4. The number of aromatic nitrogens is 3. The topological polar surface area (TPSA) is 67.2 Å². The summed E-state index contributed by atoms with van der Waals surface area (Å²) >= 11 is 6.41. The van der Waals surface area contributed by atoms with Crippen LogP contribution in [0.5, 0.6) is 11.5 Å². The molecule has 0 bridgehead atoms. The van der Waals surface area contributed by atoms with Crippen LogP contribution in [0.15, 0.2) is 42.9 Å². The highest BCUT2D eigenvalue weighted by molar-refractivity contribution is 6.35. The average molecular weight is 397 g/mol. The Labute approximate surface area is 168 Å². The largest absolute Gasteiger partial charge is 0.493 e. The van der Waals surface area contributed by atoms with Gasteiger partial charge in [-0.1, -0.05) is 17.7 Å². The number of anilines is 1. The number of hydrogen-bond acceptors (Lipinski definition) is 4. The molecule has 7 heteroatoms. The smallest absolute Gasteiger partial charge is 0.183 e. The van der Waals surface area contributed by atoms with E-state index in [1.165, 1.54) is 0 Å². The molecular weight excluding hydrogens is 376 g/mol. The Morgan fingerprint density at radius 3 is 2.50 bits per heavy atom. The van der Waals surface area contributed by atoms with Crippen LogP contribution in [0.25, 0.3) is 33.4 Å². The van der Waals surface area contributed by atoms with Gasteiger partial charge in [-0.25, -0.2) is 4.98 Å². The minimum absolute atomic E-state index is 0.495. The molecule has 0 atom stereocenters. The first kappa shape index (κ1) is 18.3. The van der Waals surface area contributed by atoms with E-state index in [9.17, 15) is 0 Å². The fourth-order valence-electron chi connectivity index (χ4n) is 3.60. The molecule has 28 heavy (non-hydrogen) atoms. The second-order valence-corrected chi connectivity index (χ2v) is 7.08. The zero-order chi connectivity index (χ0) is 20.0. The molecule has 4 aromatic rings. The monoisotopic (exact) mass is 396 g/mol. The Morgan fingerprint density at radius 1 is 1.00 bits per heavy atom. The van der Waals surface area contributed by atoms with E-state index in [0.717, 1.165) is 38.4 Å². The first-order valence-electron chi connectivity index (χ1n) is 8.72. The summed E-state index contributed by atoms with van der Waals surface area (Å²) in [7, 11) is 7.10. The molecule has 2 aromatic heterocycles. The molecule has 2 aromatic carbocycles. The van der Waals surface area contributed by atoms with Crippen molar-refractivity contribution in [1.82, 2.24) is 14.1 Å². The highest BCUT2D eigenvalue weighted by Gasteiger charge is 2.18. The van der Waals surface area contributed by atoms with Gasteiger partial charge in [-0.2, -0.15) is 0 Å². The van der Waals surface area contributed by atoms with Crippen molar-refractivity contribution in [2.75, 3.05) is 20.0 Å². The number of imidazole rings is 1. The molecule has 4 rings (SSSR count). The Hall–Kier alpha value is -3.12. The van der Waals surface area contributed by atoms with Crippen LogP contribution in [0.1, 0.15) is 0 Å². The summed E-state index contributed by atoms with van der Waals surface area (Å²) in [6.07, 6.45) is 3.70. The van der Waals surface area contributed by atoms with Crippen molar-refractivity contribution in [3.63, 3.8) is 0 Å². The SMILES string of the molecule is COc1cc(-c2ncn(C)c2-c2ccc3c(c2)c(Cl)cn3C)cc(N)c1OC. The predicted molar refractivity (Wildman–Crippen MR) is 113 cm³/mol. The van der Waals surface area contributed by atoms with E-state index in [-0.39, 0.29) is 0 Å². The lowest BCUT2D eigenvalue weighted by atomic mass is 10.0. The minimum atomic E-state index is 0.495. The molecule has 144 valence electrons. The number of fused-ring (bicyclic) bond motifs is 1. The number of benzene rings is 2. The van der Waals surface area contributed by atoms with Crippen molar-refractivity contribution < 1.29 is 9.47 Å². The molecule has 0 fully saturated rings. The van der Waals surface area contributed by atoms with E-state index in [1.807, 2.05) is 41.6 Å². The van der Waals surface area contributed by atoms with E-state index < -0.39 is 0 Å². The number of nitrogen functional groups attached to an aromatic ring is 1. The lowest BCUT2D eigenvalue weighted by molar-refractivity contribution is 0.356. The quantitative estimate of drug-likeness (QED) is 0.516. The molecule has 0 spiro atoms. The number of ether oxygens (including phenoxy) is 2. The Morgan fingerprint density at radius 2 is 1.79 bits per heavy atom. The number of halogens is 1. The van der Waals surface area contributed by atoms with Crippen LogP contribution in [-0.2, 0) is 14.1 Å². The molecular formula is C21H21ClN4O2. The Bertz CT molecular complexity index is 1190. The number of methoxy groups -OCH3 is 2. The minimum Gasteiger partial charge on any atom is -0.493 e. The summed E-state index contributed by atoms with van der Waals surface area (Å²) in [4.78, 5) is 4.61. The molecule has 0 aliphatic rings. The number of rotatable bonds is 4. The van der Waals surface area contributed by atoms with E-state index in [2.05, 4.69) is 23.2 Å². The third kappa shape index (κ3) is 2.77. The molecule has 0 aliphatic heterocycles. The van der Waals surface area contributed by atoms with Gasteiger partial charge in [0.1, 0.15) is 0 Å². The van der Waals surface area contributed by atoms with Crippen molar-refractivity contribution >= 4 is 28.2 Å². The third-order valence-corrected chi connectivity index (χ3v) is 5.23. The van der Waals surface area contributed by atoms with E-state index >= 15 is 0 Å². The molecule has 0 radical (unpaired) electrons. The summed E-state index contributed by atoms with van der Waals surface area (Å²) in [6.45, 7) is 0. The van der Waals surface area contributed by atoms with Gasteiger partial charge in [-0.15, -0.1) is 0 Å². The van der Waals surface area contributed by atoms with Crippen LogP contribution >= 0.6 is 11.6 Å². The molecule has 2 heterocycles. The number of nitrogens with two attached hydrogens (primary N) is 1. The molecule has 2 N–H and O–H groups in total. The van der Waals surface area contributed by atoms with Gasteiger partial charge in [0.25, 0.3) is 0 Å². The van der Waals surface area contributed by atoms with Crippen LogP contribution < -0.4 is 15.2 Å². The fraction of sp³-hybridized carbons (Fsp3) is 0.190. The summed E-state index contributed by atoms with van der Waals surface area (Å²) < 4.78 is 14.8. The van der Waals surface area contributed by atoms with E-state index in [0.29, 0.717) is 17.2 Å². The third-order valence-electron chi connectivity index (χ3n) is 4.93. The maximum absolute atomic E-state index is 6.41. The van der Waals surface area contributed by atoms with Gasteiger partial charge >= 0.3 is 0 Å². The number of nitrogens with zero attached hydrogens (tertiary/aromatic N) is 3. The van der Waals surface area contributed by atoms with Crippen LogP contribution in [-0.4, -0.2) is 28.3 Å². The first-order valence-corrected chi connectivity index (χ1v) is 9.10. The van der Waals surface area contributed by atoms with Gasteiger partial charge in [0.05, 0.1) is 42.6 Å². The lowest BCUT2D eigenvalue weighted by Crippen LogP contribution is -1.98. The highest BCUT2D eigenvalue weighted by atomic mass is 35.5. The van der Waals surface area contributed by atoms with Gasteiger partial charge in [0, 0.05) is 42.3 Å². The highest BCUT2D eigenvalue weighted by Crippen LogP contribution is 2.41. The molecule has 0 aliphatic carbocycles.